The summed E-state index contributed by atoms with van der Waals surface area (Å²) in [5.41, 5.74) is 1.57. The lowest BCUT2D eigenvalue weighted by molar-refractivity contribution is 0.0760. The van der Waals surface area contributed by atoms with Crippen molar-refractivity contribution in [2.75, 3.05) is 33.3 Å². The second-order valence-electron chi connectivity index (χ2n) is 7.04. The van der Waals surface area contributed by atoms with Gasteiger partial charge in [0.05, 0.1) is 13.7 Å². The van der Waals surface area contributed by atoms with Gasteiger partial charge in [-0.3, -0.25) is 9.69 Å². The van der Waals surface area contributed by atoms with Crippen LogP contribution in [0.1, 0.15) is 22.6 Å². The number of halogens is 1. The lowest BCUT2D eigenvalue weighted by atomic mass is 10.2. The van der Waals surface area contributed by atoms with Gasteiger partial charge >= 0.3 is 0 Å². The fraction of sp³-hybridized carbons (Fsp3) is 0.318. The first-order valence-corrected chi connectivity index (χ1v) is 9.76. The molecule has 1 aliphatic rings. The van der Waals surface area contributed by atoms with Crippen LogP contribution in [0.25, 0.3) is 11.5 Å². The van der Waals surface area contributed by atoms with E-state index in [1.807, 2.05) is 53.4 Å². The van der Waals surface area contributed by atoms with Crippen molar-refractivity contribution in [3.05, 3.63) is 66.0 Å². The Bertz CT molecular complexity index is 964. The normalized spacial score (nSPS) is 14.6. The van der Waals surface area contributed by atoms with Crippen molar-refractivity contribution < 1.29 is 14.1 Å². The molecule has 2 heterocycles. The van der Waals surface area contributed by atoms with Crippen molar-refractivity contribution >= 4 is 18.3 Å². The number of aromatic nitrogens is 2. The molecule has 1 aromatic heterocycles. The van der Waals surface area contributed by atoms with E-state index in [-0.39, 0.29) is 18.3 Å². The molecule has 1 fully saturated rings. The molecule has 7 nitrogen and oxygen atoms in total. The van der Waals surface area contributed by atoms with Crippen LogP contribution in [0.4, 0.5) is 0 Å². The summed E-state index contributed by atoms with van der Waals surface area (Å²) >= 11 is 0. The second-order valence-corrected chi connectivity index (χ2v) is 7.04. The molecule has 8 heteroatoms. The number of benzene rings is 2. The molecular weight excluding hydrogens is 404 g/mol. The van der Waals surface area contributed by atoms with Crippen molar-refractivity contribution in [1.82, 2.24) is 19.9 Å². The summed E-state index contributed by atoms with van der Waals surface area (Å²) in [4.78, 5) is 21.5. The van der Waals surface area contributed by atoms with Crippen molar-refractivity contribution in [3.63, 3.8) is 0 Å². The third-order valence-corrected chi connectivity index (χ3v) is 5.05. The van der Waals surface area contributed by atoms with Gasteiger partial charge in [-0.25, -0.2) is 0 Å². The van der Waals surface area contributed by atoms with E-state index < -0.39 is 0 Å². The molecule has 0 bridgehead atoms. The lowest BCUT2D eigenvalue weighted by Crippen LogP contribution is -2.35. The van der Waals surface area contributed by atoms with E-state index in [1.54, 1.807) is 13.2 Å². The van der Waals surface area contributed by atoms with Crippen molar-refractivity contribution in [3.8, 4) is 17.2 Å². The van der Waals surface area contributed by atoms with Crippen LogP contribution < -0.4 is 4.74 Å². The highest BCUT2D eigenvalue weighted by Crippen LogP contribution is 2.18. The van der Waals surface area contributed by atoms with Crippen LogP contribution in [0, 0.1) is 0 Å². The highest BCUT2D eigenvalue weighted by molar-refractivity contribution is 5.94. The lowest BCUT2D eigenvalue weighted by Gasteiger charge is -2.21. The molecule has 1 amide bonds. The number of ether oxygens (including phenoxy) is 1. The second kappa shape index (κ2) is 10.2. The van der Waals surface area contributed by atoms with E-state index in [4.69, 9.17) is 9.26 Å². The summed E-state index contributed by atoms with van der Waals surface area (Å²) in [6, 6.07) is 17.1. The van der Waals surface area contributed by atoms with Gasteiger partial charge in [0.1, 0.15) is 5.75 Å². The maximum absolute atomic E-state index is 12.9. The summed E-state index contributed by atoms with van der Waals surface area (Å²) in [6.07, 6.45) is 0.902. The number of hydrogen-bond acceptors (Lipinski definition) is 6. The topological polar surface area (TPSA) is 71.7 Å². The molecule has 0 aliphatic carbocycles. The van der Waals surface area contributed by atoms with E-state index >= 15 is 0 Å². The minimum atomic E-state index is 0. The van der Waals surface area contributed by atoms with Crippen LogP contribution in [-0.4, -0.2) is 59.1 Å². The number of hydrogen-bond donors (Lipinski definition) is 0. The Hall–Kier alpha value is -2.90. The van der Waals surface area contributed by atoms with Crippen LogP contribution in [0.5, 0.6) is 5.75 Å². The molecule has 3 aromatic rings. The number of rotatable bonds is 5. The molecule has 0 radical (unpaired) electrons. The summed E-state index contributed by atoms with van der Waals surface area (Å²) in [6.45, 7) is 3.66. The third kappa shape index (κ3) is 5.17. The molecule has 0 N–H and O–H groups in total. The Labute approximate surface area is 182 Å². The summed E-state index contributed by atoms with van der Waals surface area (Å²) in [5.74, 6) is 1.93. The SMILES string of the molecule is COc1cccc(C(=O)N2CCCN(Cc3noc(-c4ccccc4)n3)CC2)c1.Cl. The average Bonchev–Trinajstić information content (AvgIpc) is 3.12. The molecular formula is C22H25ClN4O3. The van der Waals surface area contributed by atoms with Gasteiger partial charge in [-0.15, -0.1) is 12.4 Å². The highest BCUT2D eigenvalue weighted by Gasteiger charge is 2.22. The first-order chi connectivity index (χ1) is 14.2. The van der Waals surface area contributed by atoms with E-state index in [0.717, 1.165) is 31.6 Å². The molecule has 0 spiro atoms. The smallest absolute Gasteiger partial charge is 0.257 e. The molecule has 1 aliphatic heterocycles. The predicted octanol–water partition coefficient (Wildman–Crippen LogP) is 3.52. The summed E-state index contributed by atoms with van der Waals surface area (Å²) in [5, 5.41) is 4.12. The van der Waals surface area contributed by atoms with Gasteiger partial charge < -0.3 is 14.2 Å². The Balaban J connectivity index is 0.00000256. The van der Waals surface area contributed by atoms with Crippen LogP contribution in [0.3, 0.4) is 0 Å². The fourth-order valence-electron chi connectivity index (χ4n) is 3.49. The minimum Gasteiger partial charge on any atom is -0.497 e. The Morgan fingerprint density at radius 2 is 1.90 bits per heavy atom. The van der Waals surface area contributed by atoms with Gasteiger partial charge in [0.15, 0.2) is 5.82 Å². The zero-order valence-corrected chi connectivity index (χ0v) is 17.7. The maximum atomic E-state index is 12.9. The molecule has 158 valence electrons. The van der Waals surface area contributed by atoms with E-state index in [9.17, 15) is 4.79 Å². The number of nitrogens with zero attached hydrogens (tertiary/aromatic N) is 4. The summed E-state index contributed by atoms with van der Waals surface area (Å²) < 4.78 is 10.6. The van der Waals surface area contributed by atoms with Crippen molar-refractivity contribution in [2.24, 2.45) is 0 Å². The zero-order chi connectivity index (χ0) is 20.1. The van der Waals surface area contributed by atoms with Crippen molar-refractivity contribution in [1.29, 1.82) is 0 Å². The number of carbonyl (C=O) groups is 1. The minimum absolute atomic E-state index is 0. The van der Waals surface area contributed by atoms with E-state index in [1.165, 1.54) is 0 Å². The molecule has 2 aromatic carbocycles. The standard InChI is InChI=1S/C22H24N4O3.ClH/c1-28-19-10-5-9-18(15-19)22(27)26-12-6-11-25(13-14-26)16-20-23-21(29-24-20)17-7-3-2-4-8-17;/h2-5,7-10,15H,6,11-14,16H2,1H3;1H. The Kier molecular flexibility index (Phi) is 7.43. The average molecular weight is 429 g/mol. The first-order valence-electron chi connectivity index (χ1n) is 9.76. The van der Waals surface area contributed by atoms with Crippen molar-refractivity contribution in [2.45, 2.75) is 13.0 Å². The van der Waals surface area contributed by atoms with Gasteiger partial charge in [-0.2, -0.15) is 4.98 Å². The molecule has 0 atom stereocenters. The quantitative estimate of drug-likeness (QED) is 0.619. The highest BCUT2D eigenvalue weighted by atomic mass is 35.5. The monoisotopic (exact) mass is 428 g/mol. The maximum Gasteiger partial charge on any atom is 0.257 e. The van der Waals surface area contributed by atoms with E-state index in [0.29, 0.717) is 36.1 Å². The number of methoxy groups -OCH3 is 1. The van der Waals surface area contributed by atoms with Crippen LogP contribution in [0.15, 0.2) is 59.1 Å². The van der Waals surface area contributed by atoms with Crippen LogP contribution in [0.2, 0.25) is 0 Å². The molecule has 0 saturated carbocycles. The Morgan fingerprint density at radius 3 is 2.70 bits per heavy atom. The zero-order valence-electron chi connectivity index (χ0n) is 16.9. The molecule has 4 rings (SSSR count). The molecule has 30 heavy (non-hydrogen) atoms. The van der Waals surface area contributed by atoms with Gasteiger partial charge in [0.25, 0.3) is 11.8 Å². The summed E-state index contributed by atoms with van der Waals surface area (Å²) in [7, 11) is 1.61. The van der Waals surface area contributed by atoms with Crippen LogP contribution in [-0.2, 0) is 6.54 Å². The van der Waals surface area contributed by atoms with Gasteiger partial charge in [0, 0.05) is 37.3 Å². The van der Waals surface area contributed by atoms with Gasteiger partial charge in [-0.1, -0.05) is 29.4 Å². The number of carbonyl (C=O) groups excluding carboxylic acids is 1. The fourth-order valence-corrected chi connectivity index (χ4v) is 3.49. The van der Waals surface area contributed by atoms with Gasteiger partial charge in [0.2, 0.25) is 0 Å². The van der Waals surface area contributed by atoms with Gasteiger partial charge in [-0.05, 0) is 36.8 Å². The largest absolute Gasteiger partial charge is 0.497 e. The predicted molar refractivity (Wildman–Crippen MR) is 116 cm³/mol. The van der Waals surface area contributed by atoms with Crippen LogP contribution >= 0.6 is 12.4 Å². The Morgan fingerprint density at radius 1 is 1.07 bits per heavy atom. The molecule has 1 saturated heterocycles. The third-order valence-electron chi connectivity index (χ3n) is 5.05. The molecule has 0 unspecified atom stereocenters. The first kappa shape index (κ1) is 21.8. The van der Waals surface area contributed by atoms with E-state index in [2.05, 4.69) is 15.0 Å². The number of amides is 1.